The van der Waals surface area contributed by atoms with Crippen LogP contribution in [0.2, 0.25) is 0 Å². The SMILES string of the molecule is CCC(O)(CC)c1csc(NS(=O)(=O)c2cccc(OC(F)F)c2)n1. The van der Waals surface area contributed by atoms with Gasteiger partial charge < -0.3 is 9.84 Å². The Balaban J connectivity index is 2.24. The Kier molecular flexibility index (Phi) is 5.96. The predicted octanol–water partition coefficient (Wildman–Crippen LogP) is 3.55. The highest BCUT2D eigenvalue weighted by atomic mass is 32.2. The summed E-state index contributed by atoms with van der Waals surface area (Å²) in [5.41, 5.74) is -0.736. The fourth-order valence-electron chi connectivity index (χ4n) is 2.14. The molecular formula is C15H18F2N2O4S2. The van der Waals surface area contributed by atoms with E-state index in [2.05, 4.69) is 14.4 Å². The van der Waals surface area contributed by atoms with Crippen molar-refractivity contribution in [3.8, 4) is 5.75 Å². The van der Waals surface area contributed by atoms with Crippen LogP contribution >= 0.6 is 11.3 Å². The summed E-state index contributed by atoms with van der Waals surface area (Å²) in [6.07, 6.45) is 0.874. The number of aromatic nitrogens is 1. The maximum atomic E-state index is 12.4. The maximum Gasteiger partial charge on any atom is 0.387 e. The molecule has 2 N–H and O–H groups in total. The van der Waals surface area contributed by atoms with Crippen molar-refractivity contribution in [1.82, 2.24) is 4.98 Å². The molecule has 0 saturated carbocycles. The normalized spacial score (nSPS) is 12.4. The fourth-order valence-corrected chi connectivity index (χ4v) is 4.23. The molecule has 0 amide bonds. The molecule has 2 rings (SSSR count). The van der Waals surface area contributed by atoms with Crippen LogP contribution in [-0.2, 0) is 15.6 Å². The average Bonchev–Trinajstić information content (AvgIpc) is 3.02. The number of ether oxygens (including phenoxy) is 1. The number of nitrogens with one attached hydrogen (secondary N) is 1. The standard InChI is InChI=1S/C15H18F2N2O4S2/c1-3-15(20,4-2)12-9-24-14(18-12)19-25(21,22)11-7-5-6-10(8-11)23-13(16)17/h5-9,13,20H,3-4H2,1-2H3,(H,18,19). The molecule has 0 fully saturated rings. The predicted molar refractivity (Wildman–Crippen MR) is 90.5 cm³/mol. The first-order chi connectivity index (χ1) is 11.7. The Morgan fingerprint density at radius 1 is 1.36 bits per heavy atom. The van der Waals surface area contributed by atoms with Crippen LogP contribution in [0.3, 0.4) is 0 Å². The zero-order valence-electron chi connectivity index (χ0n) is 13.6. The van der Waals surface area contributed by atoms with Gasteiger partial charge in [-0.1, -0.05) is 19.9 Å². The van der Waals surface area contributed by atoms with Gasteiger partial charge in [-0.3, -0.25) is 4.72 Å². The van der Waals surface area contributed by atoms with E-state index in [1.807, 2.05) is 0 Å². The smallest absolute Gasteiger partial charge is 0.387 e. The third-order valence-corrected chi connectivity index (χ3v) is 5.94. The van der Waals surface area contributed by atoms with Crippen molar-refractivity contribution in [2.45, 2.75) is 43.8 Å². The molecule has 0 aliphatic carbocycles. The zero-order valence-corrected chi connectivity index (χ0v) is 15.2. The van der Waals surface area contributed by atoms with E-state index in [1.54, 1.807) is 19.2 Å². The molecule has 0 aliphatic heterocycles. The lowest BCUT2D eigenvalue weighted by molar-refractivity contribution is -0.0499. The number of thiazole rings is 1. The number of anilines is 1. The summed E-state index contributed by atoms with van der Waals surface area (Å²) >= 11 is 1.03. The molecule has 0 aliphatic rings. The Labute approximate surface area is 148 Å². The first kappa shape index (κ1) is 19.5. The number of hydrogen-bond donors (Lipinski definition) is 2. The van der Waals surface area contributed by atoms with Crippen molar-refractivity contribution in [1.29, 1.82) is 0 Å². The molecule has 1 heterocycles. The molecule has 6 nitrogen and oxygen atoms in total. The van der Waals surface area contributed by atoms with Crippen LogP contribution in [-0.4, -0.2) is 25.1 Å². The van der Waals surface area contributed by atoms with Gasteiger partial charge in [-0.25, -0.2) is 13.4 Å². The van der Waals surface area contributed by atoms with Crippen molar-refractivity contribution in [3.63, 3.8) is 0 Å². The minimum Gasteiger partial charge on any atom is -0.435 e. The molecule has 0 unspecified atom stereocenters. The van der Waals surface area contributed by atoms with Crippen molar-refractivity contribution < 1.29 is 27.0 Å². The van der Waals surface area contributed by atoms with E-state index in [9.17, 15) is 22.3 Å². The number of halogens is 2. The maximum absolute atomic E-state index is 12.4. The van der Waals surface area contributed by atoms with Crippen LogP contribution in [0, 0.1) is 0 Å². The van der Waals surface area contributed by atoms with E-state index in [4.69, 9.17) is 0 Å². The molecule has 0 atom stereocenters. The number of aliphatic hydroxyl groups is 1. The number of benzene rings is 1. The van der Waals surface area contributed by atoms with Crippen LogP contribution in [0.5, 0.6) is 5.75 Å². The number of hydrogen-bond acceptors (Lipinski definition) is 6. The van der Waals surface area contributed by atoms with Crippen LogP contribution in [0.15, 0.2) is 34.5 Å². The minimum atomic E-state index is -4.03. The topological polar surface area (TPSA) is 88.5 Å². The van der Waals surface area contributed by atoms with Crippen LogP contribution < -0.4 is 9.46 Å². The largest absolute Gasteiger partial charge is 0.435 e. The number of rotatable bonds is 8. The Morgan fingerprint density at radius 3 is 2.64 bits per heavy atom. The van der Waals surface area contributed by atoms with Gasteiger partial charge in [0.05, 0.1) is 10.6 Å². The number of sulfonamides is 1. The van der Waals surface area contributed by atoms with E-state index in [0.29, 0.717) is 18.5 Å². The van der Waals surface area contributed by atoms with Gasteiger partial charge in [0, 0.05) is 11.4 Å². The molecule has 1 aromatic heterocycles. The molecular weight excluding hydrogens is 374 g/mol. The number of nitrogens with zero attached hydrogens (tertiary/aromatic N) is 1. The average molecular weight is 392 g/mol. The minimum absolute atomic E-state index is 0.0792. The van der Waals surface area contributed by atoms with E-state index in [1.165, 1.54) is 18.2 Å². The van der Waals surface area contributed by atoms with Crippen molar-refractivity contribution in [3.05, 3.63) is 35.3 Å². The van der Waals surface area contributed by atoms with Gasteiger partial charge in [0.1, 0.15) is 11.4 Å². The van der Waals surface area contributed by atoms with Gasteiger partial charge in [0.25, 0.3) is 10.0 Å². The summed E-state index contributed by atoms with van der Waals surface area (Å²) in [6.45, 7) is 0.566. The third kappa shape index (κ3) is 4.65. The molecule has 0 radical (unpaired) electrons. The van der Waals surface area contributed by atoms with Gasteiger partial charge in [0.15, 0.2) is 5.13 Å². The summed E-state index contributed by atoms with van der Waals surface area (Å²) in [5, 5.41) is 12.1. The van der Waals surface area contributed by atoms with Gasteiger partial charge >= 0.3 is 6.61 Å². The summed E-state index contributed by atoms with van der Waals surface area (Å²) in [4.78, 5) is 3.90. The third-order valence-electron chi connectivity index (χ3n) is 3.71. The number of alkyl halides is 2. The second-order valence-electron chi connectivity index (χ2n) is 5.24. The van der Waals surface area contributed by atoms with Crippen LogP contribution in [0.4, 0.5) is 13.9 Å². The highest BCUT2D eigenvalue weighted by molar-refractivity contribution is 7.93. The first-order valence-corrected chi connectivity index (χ1v) is 9.82. The van der Waals surface area contributed by atoms with E-state index < -0.39 is 22.2 Å². The van der Waals surface area contributed by atoms with Crippen LogP contribution in [0.1, 0.15) is 32.4 Å². The highest BCUT2D eigenvalue weighted by Crippen LogP contribution is 2.32. The second-order valence-corrected chi connectivity index (χ2v) is 7.78. The summed E-state index contributed by atoms with van der Waals surface area (Å²) in [6, 6.07) is 4.78. The monoisotopic (exact) mass is 392 g/mol. The molecule has 1 aromatic carbocycles. The second kappa shape index (κ2) is 7.63. The quantitative estimate of drug-likeness (QED) is 0.717. The Bertz CT molecular complexity index is 820. The summed E-state index contributed by atoms with van der Waals surface area (Å²) < 4.78 is 55.8. The van der Waals surface area contributed by atoms with Gasteiger partial charge in [-0.2, -0.15) is 8.78 Å². The first-order valence-electron chi connectivity index (χ1n) is 7.46. The van der Waals surface area contributed by atoms with Crippen molar-refractivity contribution >= 4 is 26.5 Å². The van der Waals surface area contributed by atoms with Crippen LogP contribution in [0.25, 0.3) is 0 Å². The van der Waals surface area contributed by atoms with Gasteiger partial charge in [-0.15, -0.1) is 11.3 Å². The van der Waals surface area contributed by atoms with Gasteiger partial charge in [-0.05, 0) is 25.0 Å². The zero-order chi connectivity index (χ0) is 18.7. The molecule has 2 aromatic rings. The molecule has 0 spiro atoms. The molecule has 25 heavy (non-hydrogen) atoms. The van der Waals surface area contributed by atoms with Gasteiger partial charge in [0.2, 0.25) is 0 Å². The fraction of sp³-hybridized carbons (Fsp3) is 0.400. The van der Waals surface area contributed by atoms with Crippen molar-refractivity contribution in [2.24, 2.45) is 0 Å². The highest BCUT2D eigenvalue weighted by Gasteiger charge is 2.28. The molecule has 0 bridgehead atoms. The van der Waals surface area contributed by atoms with Crippen molar-refractivity contribution in [2.75, 3.05) is 4.72 Å². The molecule has 10 heteroatoms. The molecule has 0 saturated heterocycles. The summed E-state index contributed by atoms with van der Waals surface area (Å²) in [5.74, 6) is -0.260. The van der Waals surface area contributed by atoms with E-state index >= 15 is 0 Å². The van der Waals surface area contributed by atoms with E-state index in [0.717, 1.165) is 17.4 Å². The Morgan fingerprint density at radius 2 is 2.04 bits per heavy atom. The Hall–Kier alpha value is -1.78. The lowest BCUT2D eigenvalue weighted by atomic mass is 9.94. The summed E-state index contributed by atoms with van der Waals surface area (Å²) in [7, 11) is -4.03. The lowest BCUT2D eigenvalue weighted by Gasteiger charge is -2.22. The lowest BCUT2D eigenvalue weighted by Crippen LogP contribution is -2.24. The van der Waals surface area contributed by atoms with E-state index in [-0.39, 0.29) is 15.8 Å². The molecule has 138 valence electrons.